The molecule has 0 amide bonds. The van der Waals surface area contributed by atoms with Gasteiger partial charge in [-0.1, -0.05) is 82.9 Å². The van der Waals surface area contributed by atoms with Gasteiger partial charge in [-0.2, -0.15) is 0 Å². The number of carbonyl (C=O) groups excluding carboxylic acids is 3. The van der Waals surface area contributed by atoms with Crippen molar-refractivity contribution >= 4 is 36.6 Å². The van der Waals surface area contributed by atoms with E-state index in [4.69, 9.17) is 9.47 Å². The van der Waals surface area contributed by atoms with Crippen LogP contribution >= 0.6 is 19.6 Å². The van der Waals surface area contributed by atoms with Crippen molar-refractivity contribution in [3.05, 3.63) is 0 Å². The van der Waals surface area contributed by atoms with Crippen LogP contribution in [0.25, 0.3) is 0 Å². The van der Waals surface area contributed by atoms with E-state index in [1.807, 2.05) is 0 Å². The van der Waals surface area contributed by atoms with E-state index in [2.05, 4.69) is 11.4 Å². The first-order chi connectivity index (χ1) is 16.6. The van der Waals surface area contributed by atoms with E-state index >= 15 is 0 Å². The zero-order valence-corrected chi connectivity index (χ0v) is 29.0. The van der Waals surface area contributed by atoms with Crippen LogP contribution in [-0.2, 0) is 32.9 Å². The van der Waals surface area contributed by atoms with Gasteiger partial charge in [0.15, 0.2) is 11.2 Å². The molecule has 0 N–H and O–H groups in total. The number of ether oxygens (including phenoxy) is 2. The first-order valence-corrected chi connectivity index (χ1v) is 15.2. The molecule has 1 atom stereocenters. The maximum Gasteiger partial charge on any atom is 1.00 e. The Labute approximate surface area is 271 Å². The van der Waals surface area contributed by atoms with E-state index < -0.39 is 32.5 Å². The van der Waals surface area contributed by atoms with E-state index in [1.165, 1.54) is 37.4 Å². The summed E-state index contributed by atoms with van der Waals surface area (Å²) in [6.45, 7) is 2.66. The Balaban J connectivity index is -0.00000578. The van der Waals surface area contributed by atoms with Crippen LogP contribution in [0.1, 0.15) is 110 Å². The Morgan fingerprint density at radius 3 is 1.76 bits per heavy atom. The van der Waals surface area contributed by atoms with Crippen LogP contribution in [0.5, 0.6) is 0 Å². The Morgan fingerprint density at radius 2 is 1.24 bits per heavy atom. The Kier molecular flexibility index (Phi) is 32.9. The molecule has 0 aromatic carbocycles. The smallest absolute Gasteiger partial charge is 0.790 e. The van der Waals surface area contributed by atoms with Crippen molar-refractivity contribution in [3.63, 3.8) is 0 Å². The third-order valence-electron chi connectivity index (χ3n) is 5.21. The van der Waals surface area contributed by atoms with E-state index in [1.54, 1.807) is 6.92 Å². The maximum atomic E-state index is 12.1. The summed E-state index contributed by atoms with van der Waals surface area (Å²) in [6, 6.07) is 0. The van der Waals surface area contributed by atoms with Crippen molar-refractivity contribution < 1.29 is 102 Å². The molecule has 0 spiro atoms. The van der Waals surface area contributed by atoms with Crippen molar-refractivity contribution in [1.29, 1.82) is 0 Å². The molecule has 0 aromatic rings. The first kappa shape index (κ1) is 42.5. The van der Waals surface area contributed by atoms with Gasteiger partial charge < -0.3 is 28.3 Å². The van der Waals surface area contributed by atoms with Gasteiger partial charge in [-0.3, -0.25) is 14.4 Å². The molecule has 0 aromatic heterocycles. The molecule has 0 aliphatic carbocycles. The average Bonchev–Trinajstić information content (AvgIpc) is 2.78. The molecule has 0 saturated heterocycles. The Bertz CT molecular complexity index is 635. The van der Waals surface area contributed by atoms with Gasteiger partial charge in [-0.15, -0.1) is 0 Å². The molecular formula is C24H43Na2O9PS. The molecule has 0 aliphatic heterocycles. The minimum Gasteiger partial charge on any atom is -0.790 e. The zero-order chi connectivity index (χ0) is 26.4. The summed E-state index contributed by atoms with van der Waals surface area (Å²) < 4.78 is 25.3. The predicted molar refractivity (Wildman–Crippen MR) is 132 cm³/mol. The van der Waals surface area contributed by atoms with Gasteiger partial charge in [0.1, 0.15) is 6.61 Å². The minimum absolute atomic E-state index is 0. The Hall–Kier alpha value is 1.07. The standard InChI is InChI=1S/C24H45O9PS.2Na/c1-3-4-5-6-7-8-10-14-17-24(27)33-22(20-32-34(28,29)30)19-31-23(26)16-13-11-9-12-15-18-35-21(2)25;;/h22H,3-20H2,1-2H3,(H2,28,29,30);;/q;2*+1/p-2/t22-;;/m0../s1. The summed E-state index contributed by atoms with van der Waals surface area (Å²) in [5.74, 6) is -0.234. The molecule has 0 unspecified atom stereocenters. The second-order valence-corrected chi connectivity index (χ2v) is 11.0. The van der Waals surface area contributed by atoms with Crippen LogP contribution in [0.3, 0.4) is 0 Å². The number of phosphoric acid groups is 1. The fourth-order valence-corrected chi connectivity index (χ4v) is 4.30. The topological polar surface area (TPSA) is 142 Å². The summed E-state index contributed by atoms with van der Waals surface area (Å²) >= 11 is 1.31. The molecule has 0 saturated carbocycles. The molecule has 0 bridgehead atoms. The maximum absolute atomic E-state index is 12.1. The van der Waals surface area contributed by atoms with Crippen molar-refractivity contribution in [3.8, 4) is 0 Å². The molecule has 0 aliphatic rings. The third kappa shape index (κ3) is 33.2. The molecule has 0 fully saturated rings. The van der Waals surface area contributed by atoms with Crippen molar-refractivity contribution in [2.45, 2.75) is 116 Å². The normalized spacial score (nSPS) is 11.7. The molecule has 37 heavy (non-hydrogen) atoms. The van der Waals surface area contributed by atoms with Crippen LogP contribution in [0.15, 0.2) is 0 Å². The van der Waals surface area contributed by atoms with Crippen LogP contribution in [0.4, 0.5) is 0 Å². The van der Waals surface area contributed by atoms with Gasteiger partial charge in [0.2, 0.25) is 0 Å². The summed E-state index contributed by atoms with van der Waals surface area (Å²) in [5, 5.41) is 0.114. The van der Waals surface area contributed by atoms with Gasteiger partial charge in [-0.25, -0.2) is 0 Å². The number of hydrogen-bond donors (Lipinski definition) is 0. The monoisotopic (exact) mass is 584 g/mol. The van der Waals surface area contributed by atoms with Crippen LogP contribution < -0.4 is 68.9 Å². The molecule has 0 heterocycles. The largest absolute Gasteiger partial charge is 1.00 e. The van der Waals surface area contributed by atoms with Crippen LogP contribution in [-0.4, -0.2) is 42.1 Å². The van der Waals surface area contributed by atoms with Crippen molar-refractivity contribution in [1.82, 2.24) is 0 Å². The third-order valence-corrected chi connectivity index (χ3v) is 6.58. The number of phosphoric ester groups is 1. The fourth-order valence-electron chi connectivity index (χ4n) is 3.31. The van der Waals surface area contributed by atoms with Gasteiger partial charge in [0, 0.05) is 25.5 Å². The fraction of sp³-hybridized carbons (Fsp3) is 0.875. The summed E-state index contributed by atoms with van der Waals surface area (Å²) in [7, 11) is -5.24. The Morgan fingerprint density at radius 1 is 0.757 bits per heavy atom. The zero-order valence-electron chi connectivity index (χ0n) is 23.3. The number of esters is 2. The van der Waals surface area contributed by atoms with Gasteiger partial charge in [0.05, 0.1) is 14.4 Å². The second-order valence-electron chi connectivity index (χ2n) is 8.62. The quantitative estimate of drug-likeness (QED) is 0.0600. The van der Waals surface area contributed by atoms with Crippen LogP contribution in [0, 0.1) is 0 Å². The number of unbranched alkanes of at least 4 members (excludes halogenated alkanes) is 11. The molecular weight excluding hydrogens is 541 g/mol. The predicted octanol–water partition coefficient (Wildman–Crippen LogP) is -1.55. The second kappa shape index (κ2) is 28.6. The van der Waals surface area contributed by atoms with Crippen molar-refractivity contribution in [2.75, 3.05) is 19.0 Å². The SMILES string of the molecule is CCCCCCCCCCC(=O)O[C@@H](COC(=O)CCCCCCCSC(C)=O)COP(=O)([O-])[O-].[Na+].[Na+]. The van der Waals surface area contributed by atoms with Gasteiger partial charge in [0.25, 0.3) is 0 Å². The van der Waals surface area contributed by atoms with Crippen LogP contribution in [0.2, 0.25) is 0 Å². The number of thioether (sulfide) groups is 1. The van der Waals surface area contributed by atoms with E-state index in [-0.39, 0.29) is 83.7 Å². The average molecular weight is 585 g/mol. The van der Waals surface area contributed by atoms with E-state index in [9.17, 15) is 28.7 Å². The summed E-state index contributed by atoms with van der Waals surface area (Å²) in [6.07, 6.45) is 12.1. The number of rotatable bonds is 23. The van der Waals surface area contributed by atoms with E-state index in [0.29, 0.717) is 12.8 Å². The van der Waals surface area contributed by atoms with Gasteiger partial charge >= 0.3 is 71.1 Å². The van der Waals surface area contributed by atoms with Crippen molar-refractivity contribution in [2.24, 2.45) is 0 Å². The summed E-state index contributed by atoms with van der Waals surface area (Å²) in [5.41, 5.74) is 0. The van der Waals surface area contributed by atoms with Gasteiger partial charge in [-0.05, 0) is 19.3 Å². The number of carbonyl (C=O) groups is 3. The summed E-state index contributed by atoms with van der Waals surface area (Å²) in [4.78, 5) is 56.5. The first-order valence-electron chi connectivity index (χ1n) is 12.8. The molecule has 0 radical (unpaired) electrons. The molecule has 13 heteroatoms. The molecule has 0 rings (SSSR count). The number of hydrogen-bond acceptors (Lipinski definition) is 10. The molecule has 9 nitrogen and oxygen atoms in total. The molecule has 206 valence electrons. The van der Waals surface area contributed by atoms with E-state index in [0.717, 1.165) is 50.7 Å². The minimum atomic E-state index is -5.24.